The van der Waals surface area contributed by atoms with Crippen LogP contribution in [-0.2, 0) is 0 Å². The zero-order chi connectivity index (χ0) is 12.1. The number of nitrogens with one attached hydrogen (secondary N) is 1. The molecule has 1 N–H and O–H groups in total. The van der Waals surface area contributed by atoms with Crippen LogP contribution in [0.25, 0.3) is 0 Å². The van der Waals surface area contributed by atoms with Gasteiger partial charge in [-0.1, -0.05) is 30.0 Å². The first-order valence-electron chi connectivity index (χ1n) is 6.26. The molecule has 1 aliphatic rings. The predicted molar refractivity (Wildman–Crippen MR) is 71.8 cm³/mol. The molecule has 1 heterocycles. The molecule has 1 aromatic carbocycles. The van der Waals surface area contributed by atoms with E-state index in [1.807, 2.05) is 18.2 Å². The third-order valence-electron chi connectivity index (χ3n) is 2.94. The maximum absolute atomic E-state index is 3.53. The van der Waals surface area contributed by atoms with E-state index >= 15 is 0 Å². The van der Waals surface area contributed by atoms with E-state index in [1.54, 1.807) is 0 Å². The van der Waals surface area contributed by atoms with Crippen molar-refractivity contribution < 1.29 is 0 Å². The van der Waals surface area contributed by atoms with Crippen molar-refractivity contribution >= 4 is 0 Å². The summed E-state index contributed by atoms with van der Waals surface area (Å²) in [6.45, 7) is 7.51. The van der Waals surface area contributed by atoms with Crippen LogP contribution >= 0.6 is 0 Å². The smallest absolute Gasteiger partial charge is 0.0606 e. The predicted octanol–water partition coefficient (Wildman–Crippen LogP) is 1.72. The van der Waals surface area contributed by atoms with Gasteiger partial charge in [0.05, 0.1) is 6.54 Å². The monoisotopic (exact) mass is 228 g/mol. The van der Waals surface area contributed by atoms with Gasteiger partial charge < -0.3 is 5.32 Å². The van der Waals surface area contributed by atoms with E-state index in [0.717, 1.165) is 25.2 Å². The highest BCUT2D eigenvalue weighted by atomic mass is 15.2. The van der Waals surface area contributed by atoms with Crippen LogP contribution in [0.2, 0.25) is 0 Å². The van der Waals surface area contributed by atoms with Gasteiger partial charge >= 0.3 is 0 Å². The molecule has 90 valence electrons. The van der Waals surface area contributed by atoms with Crippen molar-refractivity contribution in [3.8, 4) is 11.8 Å². The molecule has 0 saturated carbocycles. The van der Waals surface area contributed by atoms with E-state index in [1.165, 1.54) is 0 Å². The van der Waals surface area contributed by atoms with Gasteiger partial charge in [-0.2, -0.15) is 0 Å². The fourth-order valence-electron chi connectivity index (χ4n) is 2.34. The zero-order valence-corrected chi connectivity index (χ0v) is 10.6. The summed E-state index contributed by atoms with van der Waals surface area (Å²) in [7, 11) is 0. The Morgan fingerprint density at radius 1 is 1.18 bits per heavy atom. The maximum Gasteiger partial charge on any atom is 0.0606 e. The summed E-state index contributed by atoms with van der Waals surface area (Å²) in [6, 6.07) is 11.3. The molecule has 0 spiro atoms. The van der Waals surface area contributed by atoms with E-state index in [2.05, 4.69) is 48.0 Å². The van der Waals surface area contributed by atoms with Crippen LogP contribution < -0.4 is 5.32 Å². The number of hydrogen-bond donors (Lipinski definition) is 1. The number of rotatable bonds is 1. The average molecular weight is 228 g/mol. The Morgan fingerprint density at radius 3 is 2.47 bits per heavy atom. The van der Waals surface area contributed by atoms with E-state index < -0.39 is 0 Å². The highest BCUT2D eigenvalue weighted by molar-refractivity contribution is 5.33. The van der Waals surface area contributed by atoms with Gasteiger partial charge in [-0.3, -0.25) is 4.90 Å². The Bertz CT molecular complexity index is 392. The van der Waals surface area contributed by atoms with E-state index in [-0.39, 0.29) is 0 Å². The van der Waals surface area contributed by atoms with Crippen LogP contribution in [0.5, 0.6) is 0 Å². The van der Waals surface area contributed by atoms with Gasteiger partial charge in [0.25, 0.3) is 0 Å². The van der Waals surface area contributed by atoms with Crippen LogP contribution in [-0.4, -0.2) is 36.6 Å². The summed E-state index contributed by atoms with van der Waals surface area (Å²) in [5.74, 6) is 6.47. The largest absolute Gasteiger partial charge is 0.309 e. The molecule has 1 fully saturated rings. The zero-order valence-electron chi connectivity index (χ0n) is 10.6. The highest BCUT2D eigenvalue weighted by Crippen LogP contribution is 2.03. The fourth-order valence-corrected chi connectivity index (χ4v) is 2.34. The lowest BCUT2D eigenvalue weighted by molar-refractivity contribution is 0.192. The average Bonchev–Trinajstić information content (AvgIpc) is 2.29. The molecule has 0 aromatic heterocycles. The fraction of sp³-hybridized carbons (Fsp3) is 0.467. The molecule has 1 aliphatic heterocycles. The first-order chi connectivity index (χ1) is 8.24. The second-order valence-electron chi connectivity index (χ2n) is 4.83. The van der Waals surface area contributed by atoms with Gasteiger partial charge in [0.2, 0.25) is 0 Å². The van der Waals surface area contributed by atoms with Gasteiger partial charge in [0.15, 0.2) is 0 Å². The van der Waals surface area contributed by atoms with Crippen molar-refractivity contribution in [1.82, 2.24) is 10.2 Å². The van der Waals surface area contributed by atoms with Gasteiger partial charge in [-0.15, -0.1) is 0 Å². The SMILES string of the molecule is CC1CN(CC#Cc2ccccc2)CC(C)N1. The molecule has 2 nitrogen and oxygen atoms in total. The summed E-state index contributed by atoms with van der Waals surface area (Å²) in [5.41, 5.74) is 1.10. The molecule has 1 saturated heterocycles. The molecule has 0 aliphatic carbocycles. The quantitative estimate of drug-likeness (QED) is 0.736. The van der Waals surface area contributed by atoms with Gasteiger partial charge in [-0.25, -0.2) is 0 Å². The number of hydrogen-bond acceptors (Lipinski definition) is 2. The summed E-state index contributed by atoms with van der Waals surface area (Å²) >= 11 is 0. The molecule has 2 atom stereocenters. The van der Waals surface area contributed by atoms with E-state index in [4.69, 9.17) is 0 Å². The van der Waals surface area contributed by atoms with Crippen molar-refractivity contribution in [2.75, 3.05) is 19.6 Å². The molecule has 2 unspecified atom stereocenters. The van der Waals surface area contributed by atoms with Crippen molar-refractivity contribution in [2.45, 2.75) is 25.9 Å². The topological polar surface area (TPSA) is 15.3 Å². The molecule has 1 aromatic rings. The maximum atomic E-state index is 3.53. The first-order valence-corrected chi connectivity index (χ1v) is 6.26. The molecule has 0 bridgehead atoms. The Kier molecular flexibility index (Phi) is 4.19. The normalized spacial score (nSPS) is 25.1. The lowest BCUT2D eigenvalue weighted by Gasteiger charge is -2.34. The molecular weight excluding hydrogens is 208 g/mol. The lowest BCUT2D eigenvalue weighted by Crippen LogP contribution is -2.54. The molecule has 2 heteroatoms. The first kappa shape index (κ1) is 12.2. The number of nitrogens with zero attached hydrogens (tertiary/aromatic N) is 1. The van der Waals surface area contributed by atoms with Crippen LogP contribution in [0.15, 0.2) is 30.3 Å². The van der Waals surface area contributed by atoms with Crippen molar-refractivity contribution in [3.63, 3.8) is 0 Å². The third kappa shape index (κ3) is 3.89. The second-order valence-corrected chi connectivity index (χ2v) is 4.83. The Balaban J connectivity index is 1.88. The molecule has 0 amide bonds. The van der Waals surface area contributed by atoms with E-state index in [9.17, 15) is 0 Å². The minimum absolute atomic E-state index is 0.567. The minimum atomic E-state index is 0.567. The summed E-state index contributed by atoms with van der Waals surface area (Å²) < 4.78 is 0. The summed E-state index contributed by atoms with van der Waals surface area (Å²) in [5, 5.41) is 3.53. The van der Waals surface area contributed by atoms with Crippen molar-refractivity contribution in [2.24, 2.45) is 0 Å². The molecular formula is C15H20N2. The van der Waals surface area contributed by atoms with Crippen molar-refractivity contribution in [1.29, 1.82) is 0 Å². The van der Waals surface area contributed by atoms with Crippen LogP contribution in [0.3, 0.4) is 0 Å². The van der Waals surface area contributed by atoms with Crippen molar-refractivity contribution in [3.05, 3.63) is 35.9 Å². The third-order valence-corrected chi connectivity index (χ3v) is 2.94. The molecule has 2 rings (SSSR count). The Labute approximate surface area is 104 Å². The number of piperazine rings is 1. The lowest BCUT2D eigenvalue weighted by atomic mass is 10.1. The minimum Gasteiger partial charge on any atom is -0.309 e. The highest BCUT2D eigenvalue weighted by Gasteiger charge is 2.19. The Hall–Kier alpha value is -1.30. The number of benzene rings is 1. The van der Waals surface area contributed by atoms with Gasteiger partial charge in [0.1, 0.15) is 0 Å². The second kappa shape index (κ2) is 5.86. The molecule has 0 radical (unpaired) electrons. The standard InChI is InChI=1S/C15H20N2/c1-13-11-17(12-14(2)16-13)10-6-9-15-7-4-3-5-8-15/h3-5,7-8,13-14,16H,10-12H2,1-2H3. The van der Waals surface area contributed by atoms with Crippen LogP contribution in [0.1, 0.15) is 19.4 Å². The van der Waals surface area contributed by atoms with E-state index in [0.29, 0.717) is 12.1 Å². The van der Waals surface area contributed by atoms with Crippen LogP contribution in [0, 0.1) is 11.8 Å². The van der Waals surface area contributed by atoms with Gasteiger partial charge in [0, 0.05) is 30.7 Å². The summed E-state index contributed by atoms with van der Waals surface area (Å²) in [6.07, 6.45) is 0. The Morgan fingerprint density at radius 2 is 1.82 bits per heavy atom. The summed E-state index contributed by atoms with van der Waals surface area (Å²) in [4.78, 5) is 2.42. The van der Waals surface area contributed by atoms with Gasteiger partial charge in [-0.05, 0) is 26.0 Å². The molecule has 17 heavy (non-hydrogen) atoms. The van der Waals surface area contributed by atoms with Crippen LogP contribution in [0.4, 0.5) is 0 Å².